The highest BCUT2D eigenvalue weighted by Gasteiger charge is 2.04. The van der Waals surface area contributed by atoms with E-state index in [1.807, 2.05) is 42.5 Å². The Morgan fingerprint density at radius 2 is 1.95 bits per heavy atom. The molecule has 0 aromatic heterocycles. The van der Waals surface area contributed by atoms with Gasteiger partial charge in [-0.3, -0.25) is 0 Å². The van der Waals surface area contributed by atoms with Crippen LogP contribution in [0.2, 0.25) is 0 Å². The summed E-state index contributed by atoms with van der Waals surface area (Å²) in [4.78, 5) is 0. The van der Waals surface area contributed by atoms with Crippen LogP contribution in [-0.4, -0.2) is 20.3 Å². The van der Waals surface area contributed by atoms with Crippen LogP contribution in [0.5, 0.6) is 11.5 Å². The molecule has 0 radical (unpaired) electrons. The van der Waals surface area contributed by atoms with Gasteiger partial charge in [-0.25, -0.2) is 0 Å². The Kier molecular flexibility index (Phi) is 6.29. The molecule has 20 heavy (non-hydrogen) atoms. The van der Waals surface area contributed by atoms with E-state index >= 15 is 0 Å². The van der Waals surface area contributed by atoms with Gasteiger partial charge in [-0.05, 0) is 46.9 Å². The van der Waals surface area contributed by atoms with Crippen molar-refractivity contribution in [2.24, 2.45) is 0 Å². The molecule has 4 heteroatoms. The lowest BCUT2D eigenvalue weighted by Gasteiger charge is -2.12. The lowest BCUT2D eigenvalue weighted by atomic mass is 10.2. The zero-order chi connectivity index (χ0) is 14.2. The van der Waals surface area contributed by atoms with Crippen molar-refractivity contribution >= 4 is 22.6 Å². The van der Waals surface area contributed by atoms with E-state index < -0.39 is 0 Å². The number of rotatable bonds is 7. The fourth-order valence-electron chi connectivity index (χ4n) is 1.80. The second-order valence-electron chi connectivity index (χ2n) is 4.34. The van der Waals surface area contributed by atoms with Gasteiger partial charge in [-0.15, -0.1) is 0 Å². The van der Waals surface area contributed by atoms with Gasteiger partial charge in [-0.1, -0.05) is 24.3 Å². The molecule has 0 unspecified atom stereocenters. The van der Waals surface area contributed by atoms with Crippen molar-refractivity contribution in [3.63, 3.8) is 0 Å². The summed E-state index contributed by atoms with van der Waals surface area (Å²) >= 11 is 2.28. The largest absolute Gasteiger partial charge is 0.457 e. The minimum Gasteiger partial charge on any atom is -0.457 e. The molecular weight excluding hydrogens is 365 g/mol. The van der Waals surface area contributed by atoms with E-state index in [4.69, 9.17) is 9.47 Å². The molecule has 1 N–H and O–H groups in total. The summed E-state index contributed by atoms with van der Waals surface area (Å²) in [7, 11) is 1.70. The summed E-state index contributed by atoms with van der Waals surface area (Å²) in [5, 5.41) is 3.33. The van der Waals surface area contributed by atoms with Gasteiger partial charge in [0.25, 0.3) is 0 Å². The third-order valence-corrected chi connectivity index (χ3v) is 3.47. The van der Waals surface area contributed by atoms with E-state index in [2.05, 4.69) is 34.0 Å². The monoisotopic (exact) mass is 383 g/mol. The molecule has 0 heterocycles. The fourth-order valence-corrected chi connectivity index (χ4v) is 2.32. The highest BCUT2D eigenvalue weighted by molar-refractivity contribution is 14.1. The van der Waals surface area contributed by atoms with Crippen molar-refractivity contribution in [2.45, 2.75) is 6.54 Å². The Bertz CT molecular complexity index is 546. The molecule has 2 aromatic rings. The summed E-state index contributed by atoms with van der Waals surface area (Å²) in [6.07, 6.45) is 0. The van der Waals surface area contributed by atoms with Crippen molar-refractivity contribution in [1.29, 1.82) is 0 Å². The molecule has 0 amide bonds. The number of hydrogen-bond donors (Lipinski definition) is 1. The van der Waals surface area contributed by atoms with Gasteiger partial charge in [0.2, 0.25) is 0 Å². The van der Waals surface area contributed by atoms with Crippen LogP contribution in [0.15, 0.2) is 48.5 Å². The maximum absolute atomic E-state index is 5.97. The maximum atomic E-state index is 5.97. The van der Waals surface area contributed by atoms with Crippen LogP contribution in [0.1, 0.15) is 5.56 Å². The predicted octanol–water partition coefficient (Wildman–Crippen LogP) is 3.82. The molecule has 0 aliphatic carbocycles. The van der Waals surface area contributed by atoms with Crippen molar-refractivity contribution in [3.8, 4) is 11.5 Å². The predicted molar refractivity (Wildman–Crippen MR) is 89.3 cm³/mol. The number of ether oxygens (including phenoxy) is 2. The quantitative estimate of drug-likeness (QED) is 0.583. The third kappa shape index (κ3) is 4.77. The van der Waals surface area contributed by atoms with Gasteiger partial charge in [0.1, 0.15) is 11.5 Å². The van der Waals surface area contributed by atoms with Crippen LogP contribution in [-0.2, 0) is 11.3 Å². The Labute approximate surface area is 133 Å². The van der Waals surface area contributed by atoms with E-state index in [0.717, 1.165) is 33.7 Å². The fraction of sp³-hybridized carbons (Fsp3) is 0.250. The first-order valence-electron chi connectivity index (χ1n) is 6.50. The molecule has 0 fully saturated rings. The minimum atomic E-state index is 0.708. The molecule has 0 atom stereocenters. The summed E-state index contributed by atoms with van der Waals surface area (Å²) in [5.41, 5.74) is 1.14. The zero-order valence-electron chi connectivity index (χ0n) is 11.4. The lowest BCUT2D eigenvalue weighted by Crippen LogP contribution is -2.18. The SMILES string of the molecule is COCCNCc1ccccc1Oc1cccc(I)c1. The van der Waals surface area contributed by atoms with Crippen LogP contribution in [0.3, 0.4) is 0 Å². The zero-order valence-corrected chi connectivity index (χ0v) is 13.6. The van der Waals surface area contributed by atoms with Crippen LogP contribution in [0, 0.1) is 3.57 Å². The highest BCUT2D eigenvalue weighted by Crippen LogP contribution is 2.26. The van der Waals surface area contributed by atoms with E-state index in [1.165, 1.54) is 0 Å². The Morgan fingerprint density at radius 3 is 2.75 bits per heavy atom. The lowest BCUT2D eigenvalue weighted by molar-refractivity contribution is 0.199. The molecule has 0 aliphatic heterocycles. The third-order valence-electron chi connectivity index (χ3n) is 2.79. The summed E-state index contributed by atoms with van der Waals surface area (Å²) < 4.78 is 12.2. The van der Waals surface area contributed by atoms with Gasteiger partial charge in [0, 0.05) is 29.3 Å². The highest BCUT2D eigenvalue weighted by atomic mass is 127. The van der Waals surface area contributed by atoms with Crippen LogP contribution in [0.25, 0.3) is 0 Å². The first-order valence-corrected chi connectivity index (χ1v) is 7.58. The first-order chi connectivity index (χ1) is 9.79. The van der Waals surface area contributed by atoms with Gasteiger partial charge in [0.15, 0.2) is 0 Å². The molecule has 2 aromatic carbocycles. The van der Waals surface area contributed by atoms with E-state index in [0.29, 0.717) is 6.61 Å². The Hall–Kier alpha value is -1.11. The number of halogens is 1. The van der Waals surface area contributed by atoms with Gasteiger partial charge < -0.3 is 14.8 Å². The summed E-state index contributed by atoms with van der Waals surface area (Å²) in [6.45, 7) is 2.30. The van der Waals surface area contributed by atoms with Crippen molar-refractivity contribution in [1.82, 2.24) is 5.32 Å². The second-order valence-corrected chi connectivity index (χ2v) is 5.58. The average molecular weight is 383 g/mol. The molecule has 3 nitrogen and oxygen atoms in total. The number of hydrogen-bond acceptors (Lipinski definition) is 3. The van der Waals surface area contributed by atoms with Crippen LogP contribution >= 0.6 is 22.6 Å². The molecule has 0 saturated carbocycles. The smallest absolute Gasteiger partial charge is 0.131 e. The first kappa shape index (κ1) is 15.3. The molecule has 2 rings (SSSR count). The topological polar surface area (TPSA) is 30.5 Å². The standard InChI is InChI=1S/C16H18INO2/c1-19-10-9-18-12-13-5-2-3-8-16(13)20-15-7-4-6-14(17)11-15/h2-8,11,18H,9-10,12H2,1H3. The molecule has 0 spiro atoms. The number of benzene rings is 2. The number of nitrogens with one attached hydrogen (secondary N) is 1. The maximum Gasteiger partial charge on any atom is 0.131 e. The van der Waals surface area contributed by atoms with E-state index in [9.17, 15) is 0 Å². The molecule has 0 aliphatic rings. The second kappa shape index (κ2) is 8.24. The van der Waals surface area contributed by atoms with Crippen molar-refractivity contribution < 1.29 is 9.47 Å². The Balaban J connectivity index is 2.03. The Morgan fingerprint density at radius 1 is 1.10 bits per heavy atom. The van der Waals surface area contributed by atoms with Crippen LogP contribution in [0.4, 0.5) is 0 Å². The molecule has 106 valence electrons. The van der Waals surface area contributed by atoms with Gasteiger partial charge in [-0.2, -0.15) is 0 Å². The van der Waals surface area contributed by atoms with Crippen LogP contribution < -0.4 is 10.1 Å². The number of para-hydroxylation sites is 1. The molecular formula is C16H18INO2. The summed E-state index contributed by atoms with van der Waals surface area (Å²) in [6, 6.07) is 16.1. The number of methoxy groups -OCH3 is 1. The van der Waals surface area contributed by atoms with Gasteiger partial charge in [0.05, 0.1) is 6.61 Å². The molecule has 0 bridgehead atoms. The van der Waals surface area contributed by atoms with Crippen molar-refractivity contribution in [3.05, 3.63) is 57.7 Å². The van der Waals surface area contributed by atoms with E-state index in [-0.39, 0.29) is 0 Å². The van der Waals surface area contributed by atoms with E-state index in [1.54, 1.807) is 7.11 Å². The average Bonchev–Trinajstić information content (AvgIpc) is 2.45. The van der Waals surface area contributed by atoms with Gasteiger partial charge >= 0.3 is 0 Å². The molecule has 0 saturated heterocycles. The normalized spacial score (nSPS) is 10.5. The summed E-state index contributed by atoms with van der Waals surface area (Å²) in [5.74, 6) is 1.75. The minimum absolute atomic E-state index is 0.708. The van der Waals surface area contributed by atoms with Crippen molar-refractivity contribution in [2.75, 3.05) is 20.3 Å².